The summed E-state index contributed by atoms with van der Waals surface area (Å²) >= 11 is 3.47. The predicted molar refractivity (Wildman–Crippen MR) is 86.9 cm³/mol. The maximum Gasteiger partial charge on any atom is 0.239 e. The number of rotatable bonds is 4. The van der Waals surface area contributed by atoms with Crippen LogP contribution in [-0.2, 0) is 4.79 Å². The Labute approximate surface area is 129 Å². The fourth-order valence-electron chi connectivity index (χ4n) is 2.73. The van der Waals surface area contributed by atoms with E-state index in [0.29, 0.717) is 18.5 Å². The van der Waals surface area contributed by atoms with Crippen LogP contribution in [0.15, 0.2) is 22.7 Å². The van der Waals surface area contributed by atoms with Crippen molar-refractivity contribution in [3.8, 4) is 0 Å². The van der Waals surface area contributed by atoms with E-state index in [1.165, 1.54) is 19.3 Å². The third-order valence-corrected chi connectivity index (χ3v) is 4.96. The number of anilines is 1. The molecule has 1 saturated carbocycles. The Hall–Kier alpha value is -1.03. The van der Waals surface area contributed by atoms with Gasteiger partial charge < -0.3 is 10.6 Å². The zero-order valence-electron chi connectivity index (χ0n) is 12.2. The number of nitrogens with one attached hydrogen (secondary N) is 2. The molecule has 0 aliphatic heterocycles. The van der Waals surface area contributed by atoms with Crippen LogP contribution >= 0.6 is 15.9 Å². The van der Waals surface area contributed by atoms with Crippen molar-refractivity contribution in [3.05, 3.63) is 28.2 Å². The van der Waals surface area contributed by atoms with Gasteiger partial charge in [-0.15, -0.1) is 0 Å². The smallest absolute Gasteiger partial charge is 0.239 e. The Morgan fingerprint density at radius 3 is 2.80 bits per heavy atom. The molecule has 1 fully saturated rings. The fraction of sp³-hybridized carbons (Fsp3) is 0.562. The molecule has 0 bridgehead atoms. The van der Waals surface area contributed by atoms with Crippen LogP contribution < -0.4 is 10.6 Å². The van der Waals surface area contributed by atoms with Gasteiger partial charge in [-0.2, -0.15) is 0 Å². The van der Waals surface area contributed by atoms with Gasteiger partial charge in [0.1, 0.15) is 0 Å². The third kappa shape index (κ3) is 4.23. The van der Waals surface area contributed by atoms with Crippen molar-refractivity contribution in [2.24, 2.45) is 5.92 Å². The van der Waals surface area contributed by atoms with Gasteiger partial charge in [-0.3, -0.25) is 4.79 Å². The Balaban J connectivity index is 1.81. The summed E-state index contributed by atoms with van der Waals surface area (Å²) in [5.74, 6) is 0.687. The van der Waals surface area contributed by atoms with Gasteiger partial charge in [0.2, 0.25) is 5.91 Å². The number of carbonyl (C=O) groups is 1. The summed E-state index contributed by atoms with van der Waals surface area (Å²) in [6, 6.07) is 6.37. The first kappa shape index (κ1) is 15.4. The van der Waals surface area contributed by atoms with Gasteiger partial charge in [0.05, 0.1) is 6.54 Å². The van der Waals surface area contributed by atoms with E-state index in [2.05, 4.69) is 33.5 Å². The number of halogens is 1. The Morgan fingerprint density at radius 2 is 2.10 bits per heavy atom. The average Bonchev–Trinajstić information content (AvgIpc) is 2.43. The molecule has 2 rings (SSSR count). The van der Waals surface area contributed by atoms with Gasteiger partial charge in [-0.05, 0) is 49.4 Å². The molecular weight excluding hydrogens is 316 g/mol. The normalized spacial score (nSPS) is 22.4. The molecule has 0 spiro atoms. The van der Waals surface area contributed by atoms with E-state index in [9.17, 15) is 4.79 Å². The van der Waals surface area contributed by atoms with Gasteiger partial charge in [0.15, 0.2) is 0 Å². The third-order valence-electron chi connectivity index (χ3n) is 4.07. The van der Waals surface area contributed by atoms with Crippen LogP contribution in [0, 0.1) is 12.8 Å². The second kappa shape index (κ2) is 7.11. The van der Waals surface area contributed by atoms with Crippen molar-refractivity contribution in [2.45, 2.75) is 45.6 Å². The maximum absolute atomic E-state index is 12.0. The highest BCUT2D eigenvalue weighted by atomic mass is 79.9. The Kier molecular flexibility index (Phi) is 5.46. The molecule has 4 heteroatoms. The minimum atomic E-state index is 0.0873. The van der Waals surface area contributed by atoms with Crippen molar-refractivity contribution < 1.29 is 4.79 Å². The topological polar surface area (TPSA) is 41.1 Å². The predicted octanol–water partition coefficient (Wildman–Crippen LogP) is 3.86. The zero-order valence-corrected chi connectivity index (χ0v) is 13.8. The molecule has 1 aromatic rings. The Morgan fingerprint density at radius 1 is 1.35 bits per heavy atom. The number of hydrogen-bond acceptors (Lipinski definition) is 2. The molecule has 1 amide bonds. The quantitative estimate of drug-likeness (QED) is 0.874. The molecule has 1 aromatic carbocycles. The molecule has 0 aromatic heterocycles. The van der Waals surface area contributed by atoms with Crippen molar-refractivity contribution in [2.75, 3.05) is 11.9 Å². The van der Waals surface area contributed by atoms with Crippen molar-refractivity contribution in [1.82, 2.24) is 5.32 Å². The van der Waals surface area contributed by atoms with Crippen molar-refractivity contribution in [1.29, 1.82) is 0 Å². The van der Waals surface area contributed by atoms with Gasteiger partial charge in [-0.1, -0.05) is 35.7 Å². The lowest BCUT2D eigenvalue weighted by molar-refractivity contribution is -0.120. The molecular formula is C16H23BrN2O. The molecule has 0 heterocycles. The molecule has 2 unspecified atom stereocenters. The van der Waals surface area contributed by atoms with Crippen LogP contribution in [0.25, 0.3) is 0 Å². The lowest BCUT2D eigenvalue weighted by Crippen LogP contribution is -2.43. The second-order valence-corrected chi connectivity index (χ2v) is 6.61. The maximum atomic E-state index is 12.0. The number of amides is 1. The summed E-state index contributed by atoms with van der Waals surface area (Å²) in [5, 5.41) is 6.34. The van der Waals surface area contributed by atoms with E-state index in [1.807, 2.05) is 25.1 Å². The largest absolute Gasteiger partial charge is 0.376 e. The number of benzene rings is 1. The molecule has 2 atom stereocenters. The highest BCUT2D eigenvalue weighted by molar-refractivity contribution is 9.10. The minimum absolute atomic E-state index is 0.0873. The lowest BCUT2D eigenvalue weighted by Gasteiger charge is -2.29. The molecule has 0 radical (unpaired) electrons. The number of carbonyl (C=O) groups excluding carboxylic acids is 1. The first-order valence-electron chi connectivity index (χ1n) is 7.35. The summed E-state index contributed by atoms with van der Waals surface area (Å²) in [7, 11) is 0. The minimum Gasteiger partial charge on any atom is -0.376 e. The van der Waals surface area contributed by atoms with Gasteiger partial charge in [-0.25, -0.2) is 0 Å². The van der Waals surface area contributed by atoms with Crippen molar-refractivity contribution in [3.63, 3.8) is 0 Å². The van der Waals surface area contributed by atoms with E-state index in [-0.39, 0.29) is 5.91 Å². The van der Waals surface area contributed by atoms with Crippen LogP contribution in [0.1, 0.15) is 38.2 Å². The fourth-order valence-corrected chi connectivity index (χ4v) is 2.97. The van der Waals surface area contributed by atoms with Gasteiger partial charge in [0.25, 0.3) is 0 Å². The van der Waals surface area contributed by atoms with Crippen LogP contribution in [0.3, 0.4) is 0 Å². The standard InChI is InChI=1S/C16H23BrN2O/c1-11-5-3-4-6-15(11)19-16(20)10-18-13-7-8-14(17)12(2)9-13/h7-9,11,15,18H,3-6,10H2,1-2H3,(H,19,20). The van der Waals surface area contributed by atoms with Crippen LogP contribution in [0.5, 0.6) is 0 Å². The second-order valence-electron chi connectivity index (χ2n) is 5.75. The van der Waals surface area contributed by atoms with Crippen LogP contribution in [-0.4, -0.2) is 18.5 Å². The summed E-state index contributed by atoms with van der Waals surface area (Å²) in [6.45, 7) is 4.61. The number of aryl methyl sites for hydroxylation is 1. The molecule has 20 heavy (non-hydrogen) atoms. The molecule has 0 saturated heterocycles. The van der Waals surface area contributed by atoms with E-state index in [1.54, 1.807) is 0 Å². The van der Waals surface area contributed by atoms with E-state index >= 15 is 0 Å². The number of hydrogen-bond donors (Lipinski definition) is 2. The summed E-state index contributed by atoms with van der Waals surface area (Å²) < 4.78 is 1.09. The molecule has 1 aliphatic rings. The highest BCUT2D eigenvalue weighted by Crippen LogP contribution is 2.23. The molecule has 110 valence electrons. The first-order valence-corrected chi connectivity index (χ1v) is 8.15. The van der Waals surface area contributed by atoms with E-state index < -0.39 is 0 Å². The van der Waals surface area contributed by atoms with E-state index in [0.717, 1.165) is 22.1 Å². The monoisotopic (exact) mass is 338 g/mol. The zero-order chi connectivity index (χ0) is 14.5. The van der Waals surface area contributed by atoms with Gasteiger partial charge >= 0.3 is 0 Å². The first-order chi connectivity index (χ1) is 9.56. The van der Waals surface area contributed by atoms with Crippen molar-refractivity contribution >= 4 is 27.5 Å². The molecule has 3 nitrogen and oxygen atoms in total. The van der Waals surface area contributed by atoms with E-state index in [4.69, 9.17) is 0 Å². The SMILES string of the molecule is Cc1cc(NCC(=O)NC2CCCCC2C)ccc1Br. The highest BCUT2D eigenvalue weighted by Gasteiger charge is 2.22. The van der Waals surface area contributed by atoms with Gasteiger partial charge in [0, 0.05) is 16.2 Å². The Bertz CT molecular complexity index is 476. The van der Waals surface area contributed by atoms with Crippen LogP contribution in [0.4, 0.5) is 5.69 Å². The molecule has 1 aliphatic carbocycles. The average molecular weight is 339 g/mol. The summed E-state index contributed by atoms with van der Waals surface area (Å²) in [5.41, 5.74) is 2.15. The summed E-state index contributed by atoms with van der Waals surface area (Å²) in [6.07, 6.45) is 4.87. The lowest BCUT2D eigenvalue weighted by atomic mass is 9.86. The van der Waals surface area contributed by atoms with Crippen LogP contribution in [0.2, 0.25) is 0 Å². The summed E-state index contributed by atoms with van der Waals surface area (Å²) in [4.78, 5) is 12.0. The molecule has 2 N–H and O–H groups in total.